The third-order valence-corrected chi connectivity index (χ3v) is 5.29. The lowest BCUT2D eigenvalue weighted by atomic mass is 10.2. The summed E-state index contributed by atoms with van der Waals surface area (Å²) in [6.45, 7) is 0.934. The smallest absolute Gasteiger partial charge is 0.241 e. The Morgan fingerprint density at radius 1 is 1.27 bits per heavy atom. The number of nitrogens with two attached hydrogens (primary N) is 1. The Balaban J connectivity index is 1.70. The summed E-state index contributed by atoms with van der Waals surface area (Å²) in [4.78, 5) is 16.0. The van der Waals surface area contributed by atoms with E-state index in [2.05, 4.69) is 0 Å². The van der Waals surface area contributed by atoms with Gasteiger partial charge < -0.3 is 4.90 Å². The van der Waals surface area contributed by atoms with Crippen LogP contribution in [-0.2, 0) is 27.8 Å². The number of carbonyl (C=O) groups is 1. The minimum absolute atomic E-state index is 0.0437. The lowest BCUT2D eigenvalue weighted by molar-refractivity contribution is -0.119. The van der Waals surface area contributed by atoms with Gasteiger partial charge in [0.1, 0.15) is 5.82 Å². The first-order valence-electron chi connectivity index (χ1n) is 8.14. The summed E-state index contributed by atoms with van der Waals surface area (Å²) in [6, 6.07) is 11.0. The topological polar surface area (TPSA) is 83.7 Å². The molecule has 1 amide bonds. The summed E-state index contributed by atoms with van der Waals surface area (Å²) >= 11 is 0. The van der Waals surface area contributed by atoms with Crippen LogP contribution in [0.4, 0.5) is 10.1 Å². The van der Waals surface area contributed by atoms with Gasteiger partial charge in [-0.15, -0.1) is 0 Å². The highest BCUT2D eigenvalue weighted by atomic mass is 32.2. The Labute approximate surface area is 152 Å². The second kappa shape index (κ2) is 7.14. The van der Waals surface area contributed by atoms with Gasteiger partial charge in [-0.1, -0.05) is 18.2 Å². The van der Waals surface area contributed by atoms with Gasteiger partial charge in [0.25, 0.3) is 0 Å². The van der Waals surface area contributed by atoms with Crippen molar-refractivity contribution in [1.29, 1.82) is 0 Å². The quantitative estimate of drug-likeness (QED) is 0.856. The average molecular weight is 377 g/mol. The summed E-state index contributed by atoms with van der Waals surface area (Å²) in [5.74, 6) is -0.417. The Bertz CT molecular complexity index is 946. The molecule has 26 heavy (non-hydrogen) atoms. The van der Waals surface area contributed by atoms with Crippen LogP contribution < -0.4 is 10.0 Å². The summed E-state index contributed by atoms with van der Waals surface area (Å²) in [5.41, 5.74) is 2.01. The third-order valence-electron chi connectivity index (χ3n) is 4.38. The maximum Gasteiger partial charge on any atom is 0.241 e. The van der Waals surface area contributed by atoms with Gasteiger partial charge in [0.2, 0.25) is 15.9 Å². The number of fused-ring (bicyclic) bond motifs is 1. The van der Waals surface area contributed by atoms with Crippen molar-refractivity contribution in [2.45, 2.75) is 17.9 Å². The minimum Gasteiger partial charge on any atom is -0.311 e. The molecule has 0 saturated carbocycles. The highest BCUT2D eigenvalue weighted by molar-refractivity contribution is 7.89. The van der Waals surface area contributed by atoms with E-state index in [-0.39, 0.29) is 23.2 Å². The Hall–Kier alpha value is -2.29. The molecule has 2 aromatic carbocycles. The van der Waals surface area contributed by atoms with E-state index in [1.54, 1.807) is 41.1 Å². The summed E-state index contributed by atoms with van der Waals surface area (Å²) in [7, 11) is -2.01. The van der Waals surface area contributed by atoms with Crippen LogP contribution in [-0.4, -0.2) is 39.4 Å². The number of primary sulfonamides is 1. The molecule has 0 fully saturated rings. The van der Waals surface area contributed by atoms with E-state index in [1.807, 2.05) is 0 Å². The van der Waals surface area contributed by atoms with Gasteiger partial charge in [-0.25, -0.2) is 17.9 Å². The molecule has 1 aliphatic rings. The van der Waals surface area contributed by atoms with Crippen LogP contribution >= 0.6 is 0 Å². The number of halogens is 1. The number of amides is 1. The van der Waals surface area contributed by atoms with E-state index in [9.17, 15) is 17.6 Å². The highest BCUT2D eigenvalue weighted by Crippen LogP contribution is 2.30. The van der Waals surface area contributed by atoms with Crippen molar-refractivity contribution < 1.29 is 17.6 Å². The monoisotopic (exact) mass is 377 g/mol. The largest absolute Gasteiger partial charge is 0.311 e. The van der Waals surface area contributed by atoms with E-state index in [4.69, 9.17) is 5.14 Å². The van der Waals surface area contributed by atoms with Crippen molar-refractivity contribution in [1.82, 2.24) is 4.90 Å². The van der Waals surface area contributed by atoms with E-state index in [0.29, 0.717) is 30.8 Å². The lowest BCUT2D eigenvalue weighted by Crippen LogP contribution is -2.38. The van der Waals surface area contributed by atoms with E-state index in [0.717, 1.165) is 5.56 Å². The number of anilines is 1. The normalized spacial score (nSPS) is 13.9. The maximum atomic E-state index is 13.7. The number of nitrogens with zero attached hydrogens (tertiary/aromatic N) is 2. The minimum atomic E-state index is -3.77. The van der Waals surface area contributed by atoms with Gasteiger partial charge in [-0.2, -0.15) is 0 Å². The Kier molecular flexibility index (Phi) is 5.08. The molecule has 0 aromatic heterocycles. The highest BCUT2D eigenvalue weighted by Gasteiger charge is 2.26. The molecule has 3 rings (SSSR count). The van der Waals surface area contributed by atoms with Gasteiger partial charge >= 0.3 is 0 Å². The van der Waals surface area contributed by atoms with Gasteiger partial charge in [-0.3, -0.25) is 9.69 Å². The van der Waals surface area contributed by atoms with Crippen molar-refractivity contribution in [3.05, 3.63) is 59.4 Å². The van der Waals surface area contributed by atoms with Crippen LogP contribution in [0.15, 0.2) is 47.4 Å². The fourth-order valence-electron chi connectivity index (χ4n) is 3.10. The van der Waals surface area contributed by atoms with Crippen molar-refractivity contribution in [2.75, 3.05) is 25.0 Å². The Morgan fingerprint density at radius 2 is 2.00 bits per heavy atom. The molecule has 0 spiro atoms. The molecule has 1 heterocycles. The van der Waals surface area contributed by atoms with Gasteiger partial charge in [-0.05, 0) is 43.3 Å². The van der Waals surface area contributed by atoms with Crippen molar-refractivity contribution >= 4 is 21.6 Å². The molecular formula is C18H20FN3O3S. The number of likely N-dealkylation sites (N-methyl/N-ethyl adjacent to an activating group) is 1. The summed E-state index contributed by atoms with van der Waals surface area (Å²) in [5, 5.41) is 5.15. The van der Waals surface area contributed by atoms with Crippen LogP contribution in [0, 0.1) is 5.82 Å². The van der Waals surface area contributed by atoms with Gasteiger partial charge in [0.05, 0.1) is 11.4 Å². The first-order chi connectivity index (χ1) is 12.3. The zero-order valence-electron chi connectivity index (χ0n) is 14.4. The SMILES string of the molecule is CN(CC(=O)N1CCc2cc(S(N)(=O)=O)ccc21)Cc1ccccc1F. The zero-order valence-corrected chi connectivity index (χ0v) is 15.2. The molecule has 0 radical (unpaired) electrons. The fraction of sp³-hybridized carbons (Fsp3) is 0.278. The molecule has 0 saturated heterocycles. The van der Waals surface area contributed by atoms with Crippen LogP contribution in [0.1, 0.15) is 11.1 Å². The molecule has 6 nitrogen and oxygen atoms in total. The van der Waals surface area contributed by atoms with Crippen molar-refractivity contribution in [2.24, 2.45) is 5.14 Å². The van der Waals surface area contributed by atoms with Crippen LogP contribution in [0.2, 0.25) is 0 Å². The molecule has 0 unspecified atom stereocenters. The van der Waals surface area contributed by atoms with E-state index in [1.165, 1.54) is 18.2 Å². The average Bonchev–Trinajstić information content (AvgIpc) is 2.99. The number of rotatable bonds is 5. The zero-order chi connectivity index (χ0) is 18.9. The fourth-order valence-corrected chi connectivity index (χ4v) is 3.67. The van der Waals surface area contributed by atoms with Crippen LogP contribution in [0.3, 0.4) is 0 Å². The second-order valence-corrected chi connectivity index (χ2v) is 7.96. The second-order valence-electron chi connectivity index (χ2n) is 6.39. The van der Waals surface area contributed by atoms with Crippen LogP contribution in [0.5, 0.6) is 0 Å². The van der Waals surface area contributed by atoms with Gasteiger partial charge in [0, 0.05) is 24.3 Å². The number of hydrogen-bond acceptors (Lipinski definition) is 4. The molecule has 8 heteroatoms. The van der Waals surface area contributed by atoms with Crippen molar-refractivity contribution in [3.8, 4) is 0 Å². The van der Waals surface area contributed by atoms with E-state index < -0.39 is 10.0 Å². The molecule has 2 aromatic rings. The van der Waals surface area contributed by atoms with Crippen LogP contribution in [0.25, 0.3) is 0 Å². The third kappa shape index (κ3) is 3.92. The number of benzene rings is 2. The first kappa shape index (κ1) is 18.5. The van der Waals surface area contributed by atoms with E-state index >= 15 is 0 Å². The molecule has 0 atom stereocenters. The molecule has 1 aliphatic heterocycles. The summed E-state index contributed by atoms with van der Waals surface area (Å²) in [6.07, 6.45) is 0.571. The first-order valence-corrected chi connectivity index (χ1v) is 9.68. The van der Waals surface area contributed by atoms with Crippen molar-refractivity contribution in [3.63, 3.8) is 0 Å². The molecule has 138 valence electrons. The molecule has 0 aliphatic carbocycles. The Morgan fingerprint density at radius 3 is 2.69 bits per heavy atom. The summed E-state index contributed by atoms with van der Waals surface area (Å²) < 4.78 is 36.6. The predicted molar refractivity (Wildman–Crippen MR) is 96.6 cm³/mol. The lowest BCUT2D eigenvalue weighted by Gasteiger charge is -2.22. The number of carbonyl (C=O) groups excluding carboxylic acids is 1. The standard InChI is InChI=1S/C18H20FN3O3S/c1-21(11-14-4-2-3-5-16(14)19)12-18(23)22-9-8-13-10-15(26(20,24)25)6-7-17(13)22/h2-7,10H,8-9,11-12H2,1H3,(H2,20,24,25). The predicted octanol–water partition coefficient (Wildman–Crippen LogP) is 1.49. The number of hydrogen-bond donors (Lipinski definition) is 1. The maximum absolute atomic E-state index is 13.7. The number of sulfonamides is 1. The molecule has 2 N–H and O–H groups in total. The molecular weight excluding hydrogens is 357 g/mol. The molecule has 0 bridgehead atoms. The van der Waals surface area contributed by atoms with Gasteiger partial charge in [0.15, 0.2) is 0 Å².